The van der Waals surface area contributed by atoms with Crippen molar-refractivity contribution in [1.29, 1.82) is 0 Å². The van der Waals surface area contributed by atoms with Gasteiger partial charge in [-0.05, 0) is 88.3 Å². The van der Waals surface area contributed by atoms with Gasteiger partial charge in [-0.3, -0.25) is 9.59 Å². The standard InChI is InChI=1S/C31H40N2O5/c1-7-8-9-10-16-37-24-13-12-22(19-26(24)36-6)28-27-29(34)23-17-20(2)21(3)18-25(23)38-30(27)31(35)33(28)15-11-14-32(4)5/h12-13,17-19,28H,7-11,14-16H2,1-6H3. The Morgan fingerprint density at radius 2 is 1.74 bits per heavy atom. The molecule has 0 fully saturated rings. The van der Waals surface area contributed by atoms with Crippen LogP contribution in [0, 0.1) is 13.8 Å². The van der Waals surface area contributed by atoms with Crippen molar-refractivity contribution in [3.63, 3.8) is 0 Å². The van der Waals surface area contributed by atoms with Crippen LogP contribution >= 0.6 is 0 Å². The van der Waals surface area contributed by atoms with Gasteiger partial charge >= 0.3 is 0 Å². The molecule has 2 heterocycles. The molecule has 0 saturated carbocycles. The highest BCUT2D eigenvalue weighted by Crippen LogP contribution is 2.41. The molecule has 1 atom stereocenters. The molecule has 1 aromatic heterocycles. The second-order valence-electron chi connectivity index (χ2n) is 10.5. The number of amides is 1. The molecule has 1 aliphatic rings. The molecular formula is C31H40N2O5. The van der Waals surface area contributed by atoms with E-state index in [9.17, 15) is 9.59 Å². The minimum atomic E-state index is -0.561. The summed E-state index contributed by atoms with van der Waals surface area (Å²) >= 11 is 0. The van der Waals surface area contributed by atoms with Gasteiger partial charge < -0.3 is 23.7 Å². The average Bonchev–Trinajstić information content (AvgIpc) is 3.16. The van der Waals surface area contributed by atoms with E-state index in [1.165, 1.54) is 12.8 Å². The molecule has 1 amide bonds. The molecule has 0 bridgehead atoms. The van der Waals surface area contributed by atoms with E-state index in [2.05, 4.69) is 11.8 Å². The van der Waals surface area contributed by atoms with E-state index >= 15 is 0 Å². The monoisotopic (exact) mass is 520 g/mol. The number of aryl methyl sites for hydroxylation is 2. The summed E-state index contributed by atoms with van der Waals surface area (Å²) in [6, 6.07) is 8.85. The van der Waals surface area contributed by atoms with Crippen molar-refractivity contribution in [2.24, 2.45) is 0 Å². The molecule has 204 valence electrons. The fourth-order valence-electron chi connectivity index (χ4n) is 5.09. The summed E-state index contributed by atoms with van der Waals surface area (Å²) in [6.07, 6.45) is 5.24. The van der Waals surface area contributed by atoms with Crippen LogP contribution in [0.5, 0.6) is 11.5 Å². The molecule has 1 unspecified atom stereocenters. The van der Waals surface area contributed by atoms with Crippen LogP contribution in [0.4, 0.5) is 0 Å². The lowest BCUT2D eigenvalue weighted by Crippen LogP contribution is -2.32. The van der Waals surface area contributed by atoms with E-state index in [0.717, 1.165) is 42.5 Å². The number of carbonyl (C=O) groups excluding carboxylic acids is 1. The Kier molecular flexibility index (Phi) is 8.77. The Hall–Kier alpha value is -3.32. The number of hydrogen-bond donors (Lipinski definition) is 0. The third kappa shape index (κ3) is 5.58. The predicted octanol–water partition coefficient (Wildman–Crippen LogP) is 5.87. The number of carbonyl (C=O) groups is 1. The zero-order valence-corrected chi connectivity index (χ0v) is 23.6. The first kappa shape index (κ1) is 27.7. The Morgan fingerprint density at radius 1 is 0.974 bits per heavy atom. The first-order chi connectivity index (χ1) is 18.3. The lowest BCUT2D eigenvalue weighted by Gasteiger charge is -2.26. The van der Waals surface area contributed by atoms with Gasteiger partial charge in [0.2, 0.25) is 5.76 Å². The van der Waals surface area contributed by atoms with Crippen molar-refractivity contribution < 1.29 is 18.7 Å². The van der Waals surface area contributed by atoms with E-state index in [0.29, 0.717) is 41.2 Å². The zero-order chi connectivity index (χ0) is 27.4. The molecule has 38 heavy (non-hydrogen) atoms. The first-order valence-corrected chi connectivity index (χ1v) is 13.6. The molecule has 0 radical (unpaired) electrons. The quantitative estimate of drug-likeness (QED) is 0.278. The van der Waals surface area contributed by atoms with Crippen LogP contribution in [-0.2, 0) is 0 Å². The molecule has 4 rings (SSSR count). The Morgan fingerprint density at radius 3 is 2.45 bits per heavy atom. The minimum absolute atomic E-state index is 0.135. The van der Waals surface area contributed by atoms with Crippen LogP contribution in [0.25, 0.3) is 11.0 Å². The number of methoxy groups -OCH3 is 1. The summed E-state index contributed by atoms with van der Waals surface area (Å²) in [5.74, 6) is 1.13. The van der Waals surface area contributed by atoms with Crippen LogP contribution < -0.4 is 14.9 Å². The van der Waals surface area contributed by atoms with Crippen LogP contribution in [0.3, 0.4) is 0 Å². The van der Waals surface area contributed by atoms with Gasteiger partial charge in [-0.25, -0.2) is 0 Å². The average molecular weight is 521 g/mol. The summed E-state index contributed by atoms with van der Waals surface area (Å²) in [6.45, 7) is 8.07. The van der Waals surface area contributed by atoms with Crippen molar-refractivity contribution >= 4 is 16.9 Å². The SMILES string of the molecule is CCCCCCOc1ccc(C2c3c(oc4cc(C)c(C)cc4c3=O)C(=O)N2CCCN(C)C)cc1OC. The number of hydrogen-bond acceptors (Lipinski definition) is 6. The topological polar surface area (TPSA) is 72.2 Å². The van der Waals surface area contributed by atoms with Crippen LogP contribution in [0.15, 0.2) is 39.5 Å². The second-order valence-corrected chi connectivity index (χ2v) is 10.5. The Balaban J connectivity index is 1.76. The molecular weight excluding hydrogens is 480 g/mol. The van der Waals surface area contributed by atoms with Crippen LogP contribution in [0.2, 0.25) is 0 Å². The van der Waals surface area contributed by atoms with Gasteiger partial charge in [-0.1, -0.05) is 32.3 Å². The summed E-state index contributed by atoms with van der Waals surface area (Å²) in [5.41, 5.74) is 3.51. The molecule has 1 aliphatic heterocycles. The minimum Gasteiger partial charge on any atom is -0.493 e. The maximum absolute atomic E-state index is 13.9. The number of benzene rings is 2. The van der Waals surface area contributed by atoms with Gasteiger partial charge in [0.05, 0.1) is 30.7 Å². The summed E-state index contributed by atoms with van der Waals surface area (Å²) in [7, 11) is 5.62. The third-order valence-corrected chi connectivity index (χ3v) is 7.35. The summed E-state index contributed by atoms with van der Waals surface area (Å²) < 4.78 is 17.8. The van der Waals surface area contributed by atoms with E-state index in [-0.39, 0.29) is 17.1 Å². The van der Waals surface area contributed by atoms with Crippen molar-refractivity contribution in [1.82, 2.24) is 9.80 Å². The van der Waals surface area contributed by atoms with Crippen LogP contribution in [-0.4, -0.2) is 56.6 Å². The van der Waals surface area contributed by atoms with Gasteiger partial charge in [0.25, 0.3) is 5.91 Å². The number of rotatable bonds is 12. The van der Waals surface area contributed by atoms with Crippen molar-refractivity contribution in [3.8, 4) is 11.5 Å². The van der Waals surface area contributed by atoms with Gasteiger partial charge in [0, 0.05) is 6.54 Å². The lowest BCUT2D eigenvalue weighted by atomic mass is 9.97. The van der Waals surface area contributed by atoms with Gasteiger partial charge in [0.1, 0.15) is 5.58 Å². The number of ether oxygens (including phenoxy) is 2. The molecule has 0 aliphatic carbocycles. The van der Waals surface area contributed by atoms with Gasteiger partial charge in [-0.15, -0.1) is 0 Å². The summed E-state index contributed by atoms with van der Waals surface area (Å²) in [5, 5.41) is 0.499. The molecule has 0 N–H and O–H groups in total. The fourth-order valence-corrected chi connectivity index (χ4v) is 5.09. The van der Waals surface area contributed by atoms with Crippen molar-refractivity contribution in [3.05, 3.63) is 68.6 Å². The normalized spacial score (nSPS) is 15.0. The van der Waals surface area contributed by atoms with Crippen molar-refractivity contribution in [2.45, 2.75) is 58.9 Å². The molecule has 0 spiro atoms. The molecule has 7 nitrogen and oxygen atoms in total. The second kappa shape index (κ2) is 12.0. The Labute approximate surface area is 225 Å². The lowest BCUT2D eigenvalue weighted by molar-refractivity contribution is 0.0722. The molecule has 2 aromatic carbocycles. The van der Waals surface area contributed by atoms with Crippen molar-refractivity contribution in [2.75, 3.05) is 40.9 Å². The molecule has 7 heteroatoms. The number of unbranched alkanes of at least 4 members (excludes halogenated alkanes) is 3. The highest BCUT2D eigenvalue weighted by molar-refractivity contribution is 5.99. The van der Waals surface area contributed by atoms with E-state index in [1.54, 1.807) is 12.0 Å². The largest absolute Gasteiger partial charge is 0.493 e. The van der Waals surface area contributed by atoms with E-state index < -0.39 is 6.04 Å². The fraction of sp³-hybridized carbons (Fsp3) is 0.484. The van der Waals surface area contributed by atoms with Gasteiger partial charge in [-0.2, -0.15) is 0 Å². The predicted molar refractivity (Wildman–Crippen MR) is 151 cm³/mol. The maximum Gasteiger partial charge on any atom is 0.290 e. The molecule has 3 aromatic rings. The Bertz CT molecular complexity index is 1360. The smallest absolute Gasteiger partial charge is 0.290 e. The van der Waals surface area contributed by atoms with E-state index in [1.807, 2.05) is 58.3 Å². The first-order valence-electron chi connectivity index (χ1n) is 13.6. The zero-order valence-electron chi connectivity index (χ0n) is 23.6. The highest BCUT2D eigenvalue weighted by Gasteiger charge is 2.42. The van der Waals surface area contributed by atoms with E-state index in [4.69, 9.17) is 13.9 Å². The molecule has 0 saturated heterocycles. The highest BCUT2D eigenvalue weighted by atomic mass is 16.5. The third-order valence-electron chi connectivity index (χ3n) is 7.35. The van der Waals surface area contributed by atoms with Crippen LogP contribution in [0.1, 0.15) is 77.9 Å². The summed E-state index contributed by atoms with van der Waals surface area (Å²) in [4.78, 5) is 31.4. The number of fused-ring (bicyclic) bond motifs is 2. The number of nitrogens with zero attached hydrogens (tertiary/aromatic N) is 2. The van der Waals surface area contributed by atoms with Gasteiger partial charge in [0.15, 0.2) is 16.9 Å². The maximum atomic E-state index is 13.9.